The van der Waals surface area contributed by atoms with Crippen LogP contribution in [0.5, 0.6) is 0 Å². The highest BCUT2D eigenvalue weighted by molar-refractivity contribution is 6.18. The number of alkyl halides is 1. The number of rotatable bonds is 10. The van der Waals surface area contributed by atoms with Crippen molar-refractivity contribution >= 4 is 17.4 Å². The summed E-state index contributed by atoms with van der Waals surface area (Å²) in [6, 6.07) is 8.09. The Bertz CT molecular complexity index is 356. The van der Waals surface area contributed by atoms with Gasteiger partial charge in [-0.25, -0.2) is 0 Å². The van der Waals surface area contributed by atoms with E-state index in [4.69, 9.17) is 11.6 Å². The van der Waals surface area contributed by atoms with Crippen molar-refractivity contribution in [2.45, 2.75) is 58.3 Å². The Morgan fingerprint density at radius 3 is 2.32 bits per heavy atom. The molecule has 0 saturated heterocycles. The molecule has 0 bridgehead atoms. The highest BCUT2D eigenvalue weighted by Crippen LogP contribution is 2.12. The number of ketones is 1. The third-order valence-corrected chi connectivity index (χ3v) is 3.65. The third-order valence-electron chi connectivity index (χ3n) is 3.38. The molecule has 106 valence electrons. The number of Topliss-reactive ketones (excluding diaryl/α,β-unsaturated/α-hetero) is 1. The van der Waals surface area contributed by atoms with Crippen molar-refractivity contribution < 1.29 is 4.79 Å². The molecule has 0 N–H and O–H groups in total. The average Bonchev–Trinajstić information content (AvgIpc) is 2.45. The summed E-state index contributed by atoms with van der Waals surface area (Å²) in [4.78, 5) is 11.8. The number of hydrogen-bond donors (Lipinski definition) is 0. The van der Waals surface area contributed by atoms with E-state index in [1.165, 1.54) is 37.7 Å². The lowest BCUT2D eigenvalue weighted by atomic mass is 10.0. The second kappa shape index (κ2) is 10.0. The summed E-state index contributed by atoms with van der Waals surface area (Å²) >= 11 is 5.60. The predicted molar refractivity (Wildman–Crippen MR) is 83.2 cm³/mol. The summed E-state index contributed by atoms with van der Waals surface area (Å²) in [5, 5.41) is 0. The SMILES string of the molecule is CCCCCCCc1ccc(C(=O)CCCCl)cc1. The maximum atomic E-state index is 11.8. The van der Waals surface area contributed by atoms with Crippen LogP contribution in [0.25, 0.3) is 0 Å². The van der Waals surface area contributed by atoms with Crippen molar-refractivity contribution in [2.75, 3.05) is 5.88 Å². The van der Waals surface area contributed by atoms with Gasteiger partial charge in [-0.3, -0.25) is 4.79 Å². The zero-order valence-corrected chi connectivity index (χ0v) is 12.7. The summed E-state index contributed by atoms with van der Waals surface area (Å²) in [6.07, 6.45) is 8.97. The van der Waals surface area contributed by atoms with Gasteiger partial charge in [0, 0.05) is 17.9 Å². The van der Waals surface area contributed by atoms with E-state index in [2.05, 4.69) is 19.1 Å². The summed E-state index contributed by atoms with van der Waals surface area (Å²) < 4.78 is 0. The van der Waals surface area contributed by atoms with Crippen LogP contribution < -0.4 is 0 Å². The lowest BCUT2D eigenvalue weighted by Crippen LogP contribution is -1.99. The van der Waals surface area contributed by atoms with Gasteiger partial charge in [0.2, 0.25) is 0 Å². The maximum absolute atomic E-state index is 11.8. The van der Waals surface area contributed by atoms with Crippen LogP contribution >= 0.6 is 11.6 Å². The van der Waals surface area contributed by atoms with Gasteiger partial charge in [-0.15, -0.1) is 11.6 Å². The van der Waals surface area contributed by atoms with Gasteiger partial charge < -0.3 is 0 Å². The number of benzene rings is 1. The molecule has 0 amide bonds. The van der Waals surface area contributed by atoms with Crippen molar-refractivity contribution in [1.29, 1.82) is 0 Å². The molecule has 0 fully saturated rings. The smallest absolute Gasteiger partial charge is 0.162 e. The van der Waals surface area contributed by atoms with Gasteiger partial charge in [0.05, 0.1) is 0 Å². The van der Waals surface area contributed by atoms with Gasteiger partial charge in [-0.05, 0) is 24.8 Å². The number of carbonyl (C=O) groups excluding carboxylic acids is 1. The maximum Gasteiger partial charge on any atom is 0.162 e. The molecule has 0 spiro atoms. The molecule has 0 aliphatic heterocycles. The summed E-state index contributed by atoms with van der Waals surface area (Å²) in [5.74, 6) is 0.761. The van der Waals surface area contributed by atoms with E-state index in [0.717, 1.165) is 18.4 Å². The van der Waals surface area contributed by atoms with Gasteiger partial charge in [0.25, 0.3) is 0 Å². The Morgan fingerprint density at radius 1 is 1.00 bits per heavy atom. The molecule has 0 atom stereocenters. The lowest BCUT2D eigenvalue weighted by molar-refractivity contribution is 0.0982. The van der Waals surface area contributed by atoms with Gasteiger partial charge in [-0.1, -0.05) is 56.9 Å². The summed E-state index contributed by atoms with van der Waals surface area (Å²) in [7, 11) is 0. The van der Waals surface area contributed by atoms with Crippen LogP contribution in [-0.4, -0.2) is 11.7 Å². The molecule has 1 nitrogen and oxygen atoms in total. The molecular formula is C17H25ClO. The normalized spacial score (nSPS) is 10.6. The van der Waals surface area contributed by atoms with Crippen molar-refractivity contribution in [3.63, 3.8) is 0 Å². The molecule has 1 aromatic rings. The molecule has 1 aromatic carbocycles. The molecule has 1 rings (SSSR count). The second-order valence-electron chi connectivity index (χ2n) is 5.08. The fourth-order valence-electron chi connectivity index (χ4n) is 2.16. The Labute approximate surface area is 122 Å². The van der Waals surface area contributed by atoms with E-state index < -0.39 is 0 Å². The van der Waals surface area contributed by atoms with E-state index >= 15 is 0 Å². The minimum absolute atomic E-state index is 0.204. The van der Waals surface area contributed by atoms with Crippen LogP contribution in [0.3, 0.4) is 0 Å². The number of aryl methyl sites for hydroxylation is 1. The zero-order valence-electron chi connectivity index (χ0n) is 12.0. The molecular weight excluding hydrogens is 256 g/mol. The first-order valence-corrected chi connectivity index (χ1v) is 7.99. The van der Waals surface area contributed by atoms with Crippen LogP contribution in [0.1, 0.15) is 67.8 Å². The molecule has 0 aliphatic carbocycles. The van der Waals surface area contributed by atoms with Gasteiger partial charge in [0.1, 0.15) is 0 Å². The topological polar surface area (TPSA) is 17.1 Å². The first-order valence-electron chi connectivity index (χ1n) is 7.46. The van der Waals surface area contributed by atoms with E-state index in [-0.39, 0.29) is 5.78 Å². The average molecular weight is 281 g/mol. The molecule has 0 heterocycles. The minimum atomic E-state index is 0.204. The van der Waals surface area contributed by atoms with E-state index in [9.17, 15) is 4.79 Å². The zero-order chi connectivity index (χ0) is 13.9. The quantitative estimate of drug-likeness (QED) is 0.318. The molecule has 0 aromatic heterocycles. The molecule has 0 radical (unpaired) electrons. The summed E-state index contributed by atoms with van der Waals surface area (Å²) in [6.45, 7) is 2.24. The number of halogens is 1. The Morgan fingerprint density at radius 2 is 1.68 bits per heavy atom. The minimum Gasteiger partial charge on any atom is -0.294 e. The van der Waals surface area contributed by atoms with Crippen molar-refractivity contribution in [2.24, 2.45) is 0 Å². The molecule has 0 saturated carbocycles. The highest BCUT2D eigenvalue weighted by Gasteiger charge is 2.04. The van der Waals surface area contributed by atoms with E-state index in [0.29, 0.717) is 12.3 Å². The van der Waals surface area contributed by atoms with E-state index in [1.807, 2.05) is 12.1 Å². The van der Waals surface area contributed by atoms with Crippen molar-refractivity contribution in [3.8, 4) is 0 Å². The number of unbranched alkanes of at least 4 members (excludes halogenated alkanes) is 4. The standard InChI is InChI=1S/C17H25ClO/c1-2-3-4-5-6-8-15-10-12-16(13-11-15)17(19)9-7-14-18/h10-13H,2-9,14H2,1H3. The molecule has 0 unspecified atom stereocenters. The lowest BCUT2D eigenvalue weighted by Gasteiger charge is -2.04. The Kier molecular flexibility index (Phi) is 8.57. The second-order valence-corrected chi connectivity index (χ2v) is 5.45. The molecule has 2 heteroatoms. The number of carbonyl (C=O) groups is 1. The number of hydrogen-bond acceptors (Lipinski definition) is 1. The third kappa shape index (κ3) is 6.77. The van der Waals surface area contributed by atoms with Crippen LogP contribution in [0, 0.1) is 0 Å². The Hall–Kier alpha value is -0.820. The fraction of sp³-hybridized carbons (Fsp3) is 0.588. The first kappa shape index (κ1) is 16.2. The monoisotopic (exact) mass is 280 g/mol. The van der Waals surface area contributed by atoms with Crippen molar-refractivity contribution in [3.05, 3.63) is 35.4 Å². The van der Waals surface area contributed by atoms with E-state index in [1.54, 1.807) is 0 Å². The van der Waals surface area contributed by atoms with Crippen LogP contribution in [0.4, 0.5) is 0 Å². The van der Waals surface area contributed by atoms with Crippen molar-refractivity contribution in [1.82, 2.24) is 0 Å². The highest BCUT2D eigenvalue weighted by atomic mass is 35.5. The van der Waals surface area contributed by atoms with Crippen LogP contribution in [0.2, 0.25) is 0 Å². The predicted octanol–water partition coefficient (Wildman–Crippen LogP) is 5.40. The van der Waals surface area contributed by atoms with Gasteiger partial charge >= 0.3 is 0 Å². The molecule has 19 heavy (non-hydrogen) atoms. The van der Waals surface area contributed by atoms with Gasteiger partial charge in [0.15, 0.2) is 5.78 Å². The summed E-state index contributed by atoms with van der Waals surface area (Å²) in [5.41, 5.74) is 2.16. The van der Waals surface area contributed by atoms with Crippen LogP contribution in [0.15, 0.2) is 24.3 Å². The molecule has 0 aliphatic rings. The largest absolute Gasteiger partial charge is 0.294 e. The van der Waals surface area contributed by atoms with Crippen LogP contribution in [-0.2, 0) is 6.42 Å². The fourth-order valence-corrected chi connectivity index (χ4v) is 2.30. The first-order chi connectivity index (χ1) is 9.27. The Balaban J connectivity index is 2.32. The van der Waals surface area contributed by atoms with Gasteiger partial charge in [-0.2, -0.15) is 0 Å².